The van der Waals surface area contributed by atoms with Crippen LogP contribution < -0.4 is 18.9 Å². The smallest absolute Gasteiger partial charge is 0.227 e. The highest BCUT2D eigenvalue weighted by Gasteiger charge is 2.22. The first-order valence-electron chi connectivity index (χ1n) is 11.2. The number of carbonyl (C=O) groups excluding carboxylic acids is 1. The summed E-state index contributed by atoms with van der Waals surface area (Å²) in [6, 6.07) is 7.30. The molecule has 35 heavy (non-hydrogen) atoms. The zero-order valence-electron chi connectivity index (χ0n) is 20.6. The number of fused-ring (bicyclic) bond motifs is 1. The fourth-order valence-electron chi connectivity index (χ4n) is 4.03. The van der Waals surface area contributed by atoms with Gasteiger partial charge in [-0.25, -0.2) is 0 Å². The summed E-state index contributed by atoms with van der Waals surface area (Å²) in [7, 11) is 6.80. The highest BCUT2D eigenvalue weighted by molar-refractivity contribution is 6.37. The quantitative estimate of drug-likeness (QED) is 0.404. The summed E-state index contributed by atoms with van der Waals surface area (Å²) in [5, 5.41) is 0.832. The highest BCUT2D eigenvalue weighted by atomic mass is 35.5. The van der Waals surface area contributed by atoms with E-state index in [9.17, 15) is 4.79 Å². The van der Waals surface area contributed by atoms with Gasteiger partial charge in [0.05, 0.1) is 37.8 Å². The first kappa shape index (κ1) is 29.2. The fourth-order valence-corrected chi connectivity index (χ4v) is 4.65. The topological polar surface area (TPSA) is 60.5 Å². The molecule has 2 aromatic rings. The van der Waals surface area contributed by atoms with Crippen molar-refractivity contribution in [1.29, 1.82) is 0 Å². The van der Waals surface area contributed by atoms with Crippen molar-refractivity contribution in [3.05, 3.63) is 45.4 Å². The minimum absolute atomic E-state index is 0. The number of benzene rings is 2. The van der Waals surface area contributed by atoms with Gasteiger partial charge in [-0.3, -0.25) is 4.79 Å². The van der Waals surface area contributed by atoms with Crippen molar-refractivity contribution < 1.29 is 23.7 Å². The molecule has 0 N–H and O–H groups in total. The number of rotatable bonds is 11. The largest absolute Gasteiger partial charge is 0.494 e. The van der Waals surface area contributed by atoms with Crippen LogP contribution in [0.25, 0.3) is 0 Å². The van der Waals surface area contributed by atoms with Crippen LogP contribution in [0.1, 0.15) is 17.5 Å². The SMILES string of the molecule is COc1cc2c(cc1OC)CC(=O)N(CCCN(C)CCOc1cc(Cl)c(OC)c(Cl)c1)CC2.Cl. The van der Waals surface area contributed by atoms with E-state index in [0.717, 1.165) is 43.6 Å². The molecule has 3 rings (SSSR count). The van der Waals surface area contributed by atoms with Crippen molar-refractivity contribution in [3.63, 3.8) is 0 Å². The van der Waals surface area contributed by atoms with E-state index in [1.807, 2.05) is 24.1 Å². The number of amides is 1. The molecule has 1 aliphatic rings. The second-order valence-electron chi connectivity index (χ2n) is 8.21. The van der Waals surface area contributed by atoms with Crippen molar-refractivity contribution in [3.8, 4) is 23.0 Å². The fraction of sp³-hybridized carbons (Fsp3) is 0.480. The van der Waals surface area contributed by atoms with Crippen LogP contribution in [0.5, 0.6) is 23.0 Å². The molecule has 0 atom stereocenters. The Labute approximate surface area is 223 Å². The van der Waals surface area contributed by atoms with Crippen LogP contribution in [0.3, 0.4) is 0 Å². The summed E-state index contributed by atoms with van der Waals surface area (Å²) in [6.07, 6.45) is 2.07. The molecule has 0 fully saturated rings. The van der Waals surface area contributed by atoms with Crippen LogP contribution in [0.4, 0.5) is 0 Å². The Bertz CT molecular complexity index is 982. The lowest BCUT2D eigenvalue weighted by molar-refractivity contribution is -0.130. The second-order valence-corrected chi connectivity index (χ2v) is 9.02. The van der Waals surface area contributed by atoms with Gasteiger partial charge in [-0.15, -0.1) is 12.4 Å². The van der Waals surface area contributed by atoms with Gasteiger partial charge in [0.1, 0.15) is 12.4 Å². The molecule has 0 spiro atoms. The van der Waals surface area contributed by atoms with E-state index in [4.69, 9.17) is 42.1 Å². The zero-order valence-corrected chi connectivity index (χ0v) is 22.9. The first-order chi connectivity index (χ1) is 16.4. The lowest BCUT2D eigenvalue weighted by Crippen LogP contribution is -2.35. The van der Waals surface area contributed by atoms with Gasteiger partial charge in [-0.2, -0.15) is 0 Å². The van der Waals surface area contributed by atoms with Crippen molar-refractivity contribution in [2.24, 2.45) is 0 Å². The number of methoxy groups -OCH3 is 3. The minimum atomic E-state index is 0. The third-order valence-electron chi connectivity index (χ3n) is 5.94. The first-order valence-corrected chi connectivity index (χ1v) is 12.0. The van der Waals surface area contributed by atoms with Crippen molar-refractivity contribution in [2.75, 3.05) is 61.2 Å². The van der Waals surface area contributed by atoms with Crippen LogP contribution in [0.15, 0.2) is 24.3 Å². The van der Waals surface area contributed by atoms with Crippen LogP contribution in [0, 0.1) is 0 Å². The van der Waals surface area contributed by atoms with E-state index in [0.29, 0.717) is 52.6 Å². The van der Waals surface area contributed by atoms with E-state index in [-0.39, 0.29) is 18.3 Å². The van der Waals surface area contributed by atoms with Crippen LogP contribution in [-0.2, 0) is 17.6 Å². The Morgan fingerprint density at radius 1 is 0.943 bits per heavy atom. The molecule has 2 aromatic carbocycles. The molecule has 1 aliphatic heterocycles. The van der Waals surface area contributed by atoms with Crippen molar-refractivity contribution in [1.82, 2.24) is 9.80 Å². The molecule has 0 saturated heterocycles. The van der Waals surface area contributed by atoms with Gasteiger partial charge in [-0.05, 0) is 49.7 Å². The monoisotopic (exact) mass is 546 g/mol. The molecule has 0 saturated carbocycles. The van der Waals surface area contributed by atoms with Gasteiger partial charge in [0.2, 0.25) is 5.91 Å². The van der Waals surface area contributed by atoms with E-state index < -0.39 is 0 Å². The number of ether oxygens (including phenoxy) is 4. The number of halogens is 3. The van der Waals surface area contributed by atoms with Gasteiger partial charge in [0.25, 0.3) is 0 Å². The molecule has 1 amide bonds. The maximum absolute atomic E-state index is 12.8. The summed E-state index contributed by atoms with van der Waals surface area (Å²) >= 11 is 12.3. The van der Waals surface area contributed by atoms with Crippen molar-refractivity contribution >= 4 is 41.5 Å². The van der Waals surface area contributed by atoms with Crippen molar-refractivity contribution in [2.45, 2.75) is 19.3 Å². The summed E-state index contributed by atoms with van der Waals surface area (Å²) in [5.74, 6) is 2.55. The predicted octanol–water partition coefficient (Wildman–Crippen LogP) is 4.77. The standard InChI is InChI=1S/C25H32Cl2N2O5.ClH/c1-28(10-11-34-19-15-20(26)25(33-4)21(27)16-19)7-5-8-29-9-6-17-12-22(31-2)23(32-3)13-18(17)14-24(29)30;/h12-13,15-16H,5-11,14H2,1-4H3;1H. The number of hydrogen-bond acceptors (Lipinski definition) is 6. The molecule has 0 aromatic heterocycles. The Morgan fingerprint density at radius 3 is 2.17 bits per heavy atom. The van der Waals surface area contributed by atoms with Crippen LogP contribution in [-0.4, -0.2) is 76.9 Å². The highest BCUT2D eigenvalue weighted by Crippen LogP contribution is 2.36. The van der Waals surface area contributed by atoms with Gasteiger partial charge >= 0.3 is 0 Å². The Morgan fingerprint density at radius 2 is 1.57 bits per heavy atom. The average molecular weight is 548 g/mol. The lowest BCUT2D eigenvalue weighted by Gasteiger charge is -2.23. The number of nitrogens with zero attached hydrogens (tertiary/aromatic N) is 2. The zero-order chi connectivity index (χ0) is 24.7. The summed E-state index contributed by atoms with van der Waals surface area (Å²) < 4.78 is 21.8. The Hall–Kier alpha value is -2.06. The van der Waals surface area contributed by atoms with Crippen LogP contribution >= 0.6 is 35.6 Å². The van der Waals surface area contributed by atoms with E-state index in [1.165, 1.54) is 7.11 Å². The third-order valence-corrected chi connectivity index (χ3v) is 6.50. The molecule has 0 radical (unpaired) electrons. The number of carbonyl (C=O) groups is 1. The molecule has 7 nitrogen and oxygen atoms in total. The maximum atomic E-state index is 12.8. The molecule has 10 heteroatoms. The molecular formula is C25H33Cl3N2O5. The van der Waals surface area contributed by atoms with Gasteiger partial charge in [0.15, 0.2) is 17.2 Å². The second kappa shape index (κ2) is 13.9. The lowest BCUT2D eigenvalue weighted by atomic mass is 10.0. The predicted molar refractivity (Wildman–Crippen MR) is 141 cm³/mol. The van der Waals surface area contributed by atoms with Crippen LogP contribution in [0.2, 0.25) is 10.0 Å². The van der Waals surface area contributed by atoms with E-state index in [2.05, 4.69) is 4.90 Å². The molecule has 0 unspecified atom stereocenters. The number of hydrogen-bond donors (Lipinski definition) is 0. The molecule has 1 heterocycles. The summed E-state index contributed by atoms with van der Waals surface area (Å²) in [6.45, 7) is 3.51. The molecule has 0 aliphatic carbocycles. The normalized spacial score (nSPS) is 13.1. The Balaban J connectivity index is 0.00000432. The van der Waals surface area contributed by atoms with Gasteiger partial charge in [0, 0.05) is 31.8 Å². The number of likely N-dealkylation sites (N-methyl/N-ethyl adjacent to an activating group) is 1. The molecular weight excluding hydrogens is 515 g/mol. The Kier molecular flexibility index (Phi) is 11.6. The van der Waals surface area contributed by atoms with Gasteiger partial charge in [-0.1, -0.05) is 23.2 Å². The maximum Gasteiger partial charge on any atom is 0.227 e. The van der Waals surface area contributed by atoms with E-state index in [1.54, 1.807) is 26.4 Å². The van der Waals surface area contributed by atoms with E-state index >= 15 is 0 Å². The third kappa shape index (κ3) is 7.71. The molecule has 194 valence electrons. The van der Waals surface area contributed by atoms with Gasteiger partial charge < -0.3 is 28.7 Å². The average Bonchev–Trinajstić information content (AvgIpc) is 2.95. The molecule has 0 bridgehead atoms. The summed E-state index contributed by atoms with van der Waals surface area (Å²) in [5.41, 5.74) is 2.15. The summed E-state index contributed by atoms with van der Waals surface area (Å²) in [4.78, 5) is 17.0. The minimum Gasteiger partial charge on any atom is -0.494 e.